The Bertz CT molecular complexity index is 591. The lowest BCUT2D eigenvalue weighted by atomic mass is 10.0. The van der Waals surface area contributed by atoms with Crippen LogP contribution >= 0.6 is 11.8 Å². The summed E-state index contributed by atoms with van der Waals surface area (Å²) in [7, 11) is 0. The average molecular weight is 305 g/mol. The number of aryl methyl sites for hydroxylation is 1. The Hall–Kier alpha value is -1.75. The van der Waals surface area contributed by atoms with Gasteiger partial charge in [0.2, 0.25) is 0 Å². The van der Waals surface area contributed by atoms with Gasteiger partial charge in [0.1, 0.15) is 0 Å². The van der Waals surface area contributed by atoms with Crippen LogP contribution in [0.3, 0.4) is 0 Å². The number of nitrogens with one attached hydrogen (secondary N) is 1. The Kier molecular flexibility index (Phi) is 4.73. The molecule has 21 heavy (non-hydrogen) atoms. The minimum atomic E-state index is -1.00. The van der Waals surface area contributed by atoms with Crippen LogP contribution in [0.5, 0.6) is 0 Å². The number of aliphatic carboxylic acids is 1. The first-order chi connectivity index (χ1) is 9.96. The summed E-state index contributed by atoms with van der Waals surface area (Å²) in [5, 5.41) is 11.6. The van der Waals surface area contributed by atoms with Gasteiger partial charge in [-0.25, -0.2) is 4.79 Å². The van der Waals surface area contributed by atoms with Gasteiger partial charge in [-0.2, -0.15) is 11.8 Å². The van der Waals surface area contributed by atoms with Crippen LogP contribution < -0.4 is 5.32 Å². The number of carboxylic acids is 1. The first-order valence-corrected chi connectivity index (χ1v) is 8.03. The SMILES string of the molecule is CSC1(CNC(=O)c2cc(/C=C/C(=O)O)ccc2C)CC1. The maximum atomic E-state index is 12.3. The van der Waals surface area contributed by atoms with Crippen molar-refractivity contribution in [2.75, 3.05) is 12.8 Å². The third kappa shape index (κ3) is 4.11. The second-order valence-corrected chi connectivity index (χ2v) is 6.59. The summed E-state index contributed by atoms with van der Waals surface area (Å²) in [5.41, 5.74) is 2.19. The van der Waals surface area contributed by atoms with Crippen LogP contribution in [0.25, 0.3) is 6.08 Å². The minimum Gasteiger partial charge on any atom is -0.478 e. The zero-order valence-corrected chi connectivity index (χ0v) is 13.0. The number of hydrogen-bond donors (Lipinski definition) is 2. The van der Waals surface area contributed by atoms with Gasteiger partial charge in [-0.15, -0.1) is 0 Å². The molecule has 1 amide bonds. The van der Waals surface area contributed by atoms with E-state index in [0.29, 0.717) is 17.7 Å². The number of amides is 1. The van der Waals surface area contributed by atoms with Crippen LogP contribution in [0.4, 0.5) is 0 Å². The molecule has 5 heteroatoms. The molecular formula is C16H19NO3S. The highest BCUT2D eigenvalue weighted by Crippen LogP contribution is 2.46. The molecular weight excluding hydrogens is 286 g/mol. The van der Waals surface area contributed by atoms with Gasteiger partial charge in [0.25, 0.3) is 5.91 Å². The van der Waals surface area contributed by atoms with Crippen molar-refractivity contribution in [1.29, 1.82) is 0 Å². The first-order valence-electron chi connectivity index (χ1n) is 6.81. The second kappa shape index (κ2) is 6.35. The first kappa shape index (κ1) is 15.6. The molecule has 0 unspecified atom stereocenters. The molecule has 1 saturated carbocycles. The van der Waals surface area contributed by atoms with Crippen molar-refractivity contribution in [3.8, 4) is 0 Å². The van der Waals surface area contributed by atoms with E-state index < -0.39 is 5.97 Å². The number of carbonyl (C=O) groups is 2. The normalized spacial score (nSPS) is 15.9. The molecule has 0 aromatic heterocycles. The molecule has 112 valence electrons. The van der Waals surface area contributed by atoms with Crippen molar-refractivity contribution in [2.45, 2.75) is 24.5 Å². The summed E-state index contributed by atoms with van der Waals surface area (Å²) in [6.45, 7) is 2.56. The van der Waals surface area contributed by atoms with E-state index in [-0.39, 0.29) is 10.7 Å². The Morgan fingerprint density at radius 1 is 1.43 bits per heavy atom. The van der Waals surface area contributed by atoms with Crippen LogP contribution in [-0.2, 0) is 4.79 Å². The van der Waals surface area contributed by atoms with E-state index in [1.165, 1.54) is 6.08 Å². The Balaban J connectivity index is 2.08. The summed E-state index contributed by atoms with van der Waals surface area (Å²) >= 11 is 1.80. The fourth-order valence-corrected chi connectivity index (χ4v) is 2.81. The summed E-state index contributed by atoms with van der Waals surface area (Å²) in [6.07, 6.45) is 6.92. The van der Waals surface area contributed by atoms with E-state index in [4.69, 9.17) is 5.11 Å². The Labute approximate surface area is 128 Å². The van der Waals surface area contributed by atoms with Gasteiger partial charge in [0, 0.05) is 22.9 Å². The molecule has 1 aliphatic rings. The third-order valence-electron chi connectivity index (χ3n) is 3.74. The van der Waals surface area contributed by atoms with Gasteiger partial charge in [-0.1, -0.05) is 12.1 Å². The van der Waals surface area contributed by atoms with Crippen molar-refractivity contribution in [3.63, 3.8) is 0 Å². The molecule has 0 saturated heterocycles. The summed E-state index contributed by atoms with van der Waals surface area (Å²) in [6, 6.07) is 5.36. The van der Waals surface area contributed by atoms with Crippen molar-refractivity contribution in [3.05, 3.63) is 41.0 Å². The molecule has 1 aliphatic carbocycles. The van der Waals surface area contributed by atoms with Crippen LogP contribution in [0.1, 0.15) is 34.3 Å². The summed E-state index contributed by atoms with van der Waals surface area (Å²) < 4.78 is 0.227. The largest absolute Gasteiger partial charge is 0.478 e. The van der Waals surface area contributed by atoms with E-state index in [1.54, 1.807) is 23.9 Å². The third-order valence-corrected chi connectivity index (χ3v) is 5.16. The van der Waals surface area contributed by atoms with Gasteiger partial charge < -0.3 is 10.4 Å². The maximum Gasteiger partial charge on any atom is 0.328 e. The molecule has 0 aliphatic heterocycles. The average Bonchev–Trinajstić information content (AvgIpc) is 3.24. The van der Waals surface area contributed by atoms with E-state index >= 15 is 0 Å². The Morgan fingerprint density at radius 3 is 2.71 bits per heavy atom. The molecule has 2 rings (SSSR count). The monoisotopic (exact) mass is 305 g/mol. The zero-order chi connectivity index (χ0) is 15.5. The molecule has 0 heterocycles. The van der Waals surface area contributed by atoms with E-state index in [9.17, 15) is 9.59 Å². The quantitative estimate of drug-likeness (QED) is 0.793. The highest BCUT2D eigenvalue weighted by molar-refractivity contribution is 8.00. The van der Waals surface area contributed by atoms with Crippen LogP contribution in [-0.4, -0.2) is 34.5 Å². The molecule has 0 spiro atoms. The van der Waals surface area contributed by atoms with Gasteiger partial charge in [-0.05, 0) is 49.3 Å². The number of rotatable bonds is 6. The molecule has 1 aromatic carbocycles. The van der Waals surface area contributed by atoms with Gasteiger partial charge in [0.05, 0.1) is 0 Å². The number of benzene rings is 1. The number of carboxylic acid groups (broad SMARTS) is 1. The van der Waals surface area contributed by atoms with E-state index in [0.717, 1.165) is 24.5 Å². The zero-order valence-electron chi connectivity index (χ0n) is 12.2. The fraction of sp³-hybridized carbons (Fsp3) is 0.375. The van der Waals surface area contributed by atoms with Gasteiger partial charge in [-0.3, -0.25) is 4.79 Å². The van der Waals surface area contributed by atoms with Crippen molar-refractivity contribution in [2.24, 2.45) is 0 Å². The molecule has 1 fully saturated rings. The van der Waals surface area contributed by atoms with Crippen LogP contribution in [0, 0.1) is 6.92 Å². The lowest BCUT2D eigenvalue weighted by Gasteiger charge is -2.14. The van der Waals surface area contributed by atoms with E-state index in [2.05, 4.69) is 11.6 Å². The Morgan fingerprint density at radius 2 is 2.14 bits per heavy atom. The molecule has 0 bridgehead atoms. The van der Waals surface area contributed by atoms with Crippen LogP contribution in [0.15, 0.2) is 24.3 Å². The number of hydrogen-bond acceptors (Lipinski definition) is 3. The van der Waals surface area contributed by atoms with Crippen LogP contribution in [0.2, 0.25) is 0 Å². The number of thioether (sulfide) groups is 1. The summed E-state index contributed by atoms with van der Waals surface area (Å²) in [5.74, 6) is -1.10. The maximum absolute atomic E-state index is 12.3. The smallest absolute Gasteiger partial charge is 0.328 e. The van der Waals surface area contributed by atoms with Crippen molar-refractivity contribution in [1.82, 2.24) is 5.32 Å². The van der Waals surface area contributed by atoms with E-state index in [1.807, 2.05) is 13.0 Å². The molecule has 1 aromatic rings. The number of carbonyl (C=O) groups excluding carboxylic acids is 1. The molecule has 4 nitrogen and oxygen atoms in total. The highest BCUT2D eigenvalue weighted by atomic mass is 32.2. The topological polar surface area (TPSA) is 66.4 Å². The lowest BCUT2D eigenvalue weighted by Crippen LogP contribution is -2.32. The highest BCUT2D eigenvalue weighted by Gasteiger charge is 2.41. The van der Waals surface area contributed by atoms with Gasteiger partial charge >= 0.3 is 5.97 Å². The molecule has 0 radical (unpaired) electrons. The molecule has 0 atom stereocenters. The minimum absolute atomic E-state index is 0.0987. The fourth-order valence-electron chi connectivity index (χ4n) is 2.08. The summed E-state index contributed by atoms with van der Waals surface area (Å²) in [4.78, 5) is 22.8. The molecule has 2 N–H and O–H groups in total. The van der Waals surface area contributed by atoms with Crippen molar-refractivity contribution >= 4 is 29.7 Å². The predicted molar refractivity (Wildman–Crippen MR) is 85.7 cm³/mol. The predicted octanol–water partition coefficient (Wildman–Crippen LogP) is 2.72. The lowest BCUT2D eigenvalue weighted by molar-refractivity contribution is -0.131. The second-order valence-electron chi connectivity index (χ2n) is 5.32. The van der Waals surface area contributed by atoms with Gasteiger partial charge in [0.15, 0.2) is 0 Å². The van der Waals surface area contributed by atoms with Crippen molar-refractivity contribution < 1.29 is 14.7 Å². The standard InChI is InChI=1S/C16H19NO3S/c1-11-3-4-12(5-6-14(18)19)9-13(11)15(20)17-10-16(21-2)7-8-16/h3-6,9H,7-8,10H2,1-2H3,(H,17,20)(H,18,19)/b6-5+.